The monoisotopic (exact) mass is 366 g/mol. The number of carbonyl (C=O) groups excluding carboxylic acids is 3. The van der Waals surface area contributed by atoms with E-state index in [1.165, 1.54) is 18.2 Å². The lowest BCUT2D eigenvalue weighted by molar-refractivity contribution is -0.117. The van der Waals surface area contributed by atoms with E-state index < -0.39 is 34.1 Å². The van der Waals surface area contributed by atoms with Crippen molar-refractivity contribution in [1.82, 2.24) is 5.32 Å². The summed E-state index contributed by atoms with van der Waals surface area (Å²) >= 11 is 0. The highest BCUT2D eigenvalue weighted by Gasteiger charge is 2.39. The SMILES string of the molecule is CCCCS(CCCC)=C1C(=O)NC(=O)N(c2ccccc2F)C1=O. The third kappa shape index (κ3) is 4.34. The second-order valence-electron chi connectivity index (χ2n) is 5.79. The lowest BCUT2D eigenvalue weighted by Crippen LogP contribution is -2.59. The first kappa shape index (κ1) is 19.3. The summed E-state index contributed by atoms with van der Waals surface area (Å²) in [4.78, 5) is 38.2. The van der Waals surface area contributed by atoms with Gasteiger partial charge in [0.1, 0.15) is 10.7 Å². The number of hydrogen-bond acceptors (Lipinski definition) is 3. The molecule has 1 aliphatic rings. The summed E-state index contributed by atoms with van der Waals surface area (Å²) in [6, 6.07) is 4.66. The van der Waals surface area contributed by atoms with Crippen LogP contribution in [-0.4, -0.2) is 34.2 Å². The van der Waals surface area contributed by atoms with Crippen LogP contribution in [-0.2, 0) is 9.59 Å². The first-order chi connectivity index (χ1) is 12.0. The number of imide groups is 2. The molecule has 1 N–H and O–H groups in total. The van der Waals surface area contributed by atoms with Crippen molar-refractivity contribution in [2.24, 2.45) is 0 Å². The normalized spacial score (nSPS) is 15.1. The van der Waals surface area contributed by atoms with Crippen LogP contribution in [0.15, 0.2) is 24.3 Å². The fourth-order valence-electron chi connectivity index (χ4n) is 2.55. The van der Waals surface area contributed by atoms with Gasteiger partial charge in [-0.05, 0) is 36.5 Å². The summed E-state index contributed by atoms with van der Waals surface area (Å²) in [6.45, 7) is 4.09. The molecular formula is C18H23FN2O3S. The number of nitrogens with zero attached hydrogens (tertiary/aromatic N) is 1. The number of hydrogen-bond donors (Lipinski definition) is 1. The van der Waals surface area contributed by atoms with Crippen LogP contribution in [0.1, 0.15) is 39.5 Å². The Morgan fingerprint density at radius 3 is 2.20 bits per heavy atom. The van der Waals surface area contributed by atoms with Crippen LogP contribution in [0.5, 0.6) is 0 Å². The van der Waals surface area contributed by atoms with Gasteiger partial charge >= 0.3 is 6.03 Å². The van der Waals surface area contributed by atoms with Gasteiger partial charge in [-0.15, -0.1) is 0 Å². The zero-order valence-electron chi connectivity index (χ0n) is 14.5. The van der Waals surface area contributed by atoms with Gasteiger partial charge in [0, 0.05) is 0 Å². The van der Waals surface area contributed by atoms with Gasteiger partial charge in [0.2, 0.25) is 0 Å². The molecule has 1 aliphatic heterocycles. The van der Waals surface area contributed by atoms with Crippen molar-refractivity contribution in [2.75, 3.05) is 16.4 Å². The molecule has 136 valence electrons. The molecule has 0 radical (unpaired) electrons. The Morgan fingerprint density at radius 2 is 1.64 bits per heavy atom. The zero-order valence-corrected chi connectivity index (χ0v) is 15.3. The van der Waals surface area contributed by atoms with E-state index in [0.717, 1.165) is 42.1 Å². The molecule has 1 saturated heterocycles. The molecule has 1 aromatic rings. The van der Waals surface area contributed by atoms with Gasteiger partial charge in [-0.2, -0.15) is 10.5 Å². The van der Waals surface area contributed by atoms with Crippen LogP contribution in [0.2, 0.25) is 0 Å². The number of anilines is 1. The first-order valence-electron chi connectivity index (χ1n) is 8.50. The molecule has 0 saturated carbocycles. The predicted octanol–water partition coefficient (Wildman–Crippen LogP) is 3.45. The molecule has 2 rings (SSSR count). The topological polar surface area (TPSA) is 66.5 Å². The van der Waals surface area contributed by atoms with E-state index in [-0.39, 0.29) is 10.6 Å². The molecule has 1 heterocycles. The zero-order chi connectivity index (χ0) is 18.4. The summed E-state index contributed by atoms with van der Waals surface area (Å²) < 4.78 is 14.1. The van der Waals surface area contributed by atoms with Crippen molar-refractivity contribution in [3.8, 4) is 0 Å². The number of benzene rings is 1. The van der Waals surface area contributed by atoms with E-state index in [1.807, 2.05) is 13.8 Å². The van der Waals surface area contributed by atoms with Crippen molar-refractivity contribution in [2.45, 2.75) is 39.5 Å². The molecule has 5 nitrogen and oxygen atoms in total. The van der Waals surface area contributed by atoms with E-state index >= 15 is 0 Å². The third-order valence-corrected chi connectivity index (χ3v) is 6.40. The average Bonchev–Trinajstić information content (AvgIpc) is 2.58. The Labute approximate surface area is 149 Å². The summed E-state index contributed by atoms with van der Waals surface area (Å²) in [6.07, 6.45) is 3.69. The molecule has 0 spiro atoms. The van der Waals surface area contributed by atoms with E-state index in [0.29, 0.717) is 0 Å². The highest BCUT2D eigenvalue weighted by Crippen LogP contribution is 2.26. The number of unbranched alkanes of at least 4 members (excludes halogenated alkanes) is 2. The number of amides is 4. The first-order valence-corrected chi connectivity index (χ1v) is 10.1. The third-order valence-electron chi connectivity index (χ3n) is 3.90. The molecule has 4 amide bonds. The van der Waals surface area contributed by atoms with Gasteiger partial charge in [0.15, 0.2) is 0 Å². The average molecular weight is 366 g/mol. The van der Waals surface area contributed by atoms with E-state index in [1.54, 1.807) is 6.07 Å². The Bertz CT molecular complexity index is 708. The fourth-order valence-corrected chi connectivity index (χ4v) is 5.09. The minimum atomic E-state index is -0.904. The van der Waals surface area contributed by atoms with E-state index in [4.69, 9.17) is 0 Å². The van der Waals surface area contributed by atoms with E-state index in [2.05, 4.69) is 5.32 Å². The summed E-state index contributed by atoms with van der Waals surface area (Å²) in [7, 11) is -0.548. The van der Waals surface area contributed by atoms with Gasteiger partial charge in [-0.25, -0.2) is 14.1 Å². The summed E-state index contributed by atoms with van der Waals surface area (Å²) in [5, 5.41) is 2.20. The van der Waals surface area contributed by atoms with Crippen LogP contribution in [0.4, 0.5) is 14.9 Å². The maximum atomic E-state index is 14.1. The van der Waals surface area contributed by atoms with Crippen LogP contribution < -0.4 is 10.2 Å². The van der Waals surface area contributed by atoms with Crippen molar-refractivity contribution in [3.63, 3.8) is 0 Å². The van der Waals surface area contributed by atoms with E-state index in [9.17, 15) is 18.8 Å². The highest BCUT2D eigenvalue weighted by atomic mass is 32.2. The van der Waals surface area contributed by atoms with Crippen molar-refractivity contribution >= 4 is 38.9 Å². The fraction of sp³-hybridized carbons (Fsp3) is 0.444. The predicted molar refractivity (Wildman–Crippen MR) is 99.6 cm³/mol. The molecule has 0 aliphatic carbocycles. The number of para-hydroxylation sites is 1. The maximum Gasteiger partial charge on any atom is 0.336 e. The lowest BCUT2D eigenvalue weighted by Gasteiger charge is -2.28. The van der Waals surface area contributed by atoms with Gasteiger partial charge in [-0.3, -0.25) is 14.9 Å². The number of rotatable bonds is 7. The number of halogens is 1. The molecular weight excluding hydrogens is 343 g/mol. The van der Waals surface area contributed by atoms with Gasteiger partial charge < -0.3 is 0 Å². The molecule has 25 heavy (non-hydrogen) atoms. The Morgan fingerprint density at radius 1 is 1.04 bits per heavy atom. The smallest absolute Gasteiger partial charge is 0.273 e. The Kier molecular flexibility index (Phi) is 6.87. The number of carbonyl (C=O) groups is 3. The second-order valence-corrected chi connectivity index (χ2v) is 8.00. The molecule has 1 aromatic carbocycles. The summed E-state index contributed by atoms with van der Waals surface area (Å²) in [5.74, 6) is -0.566. The Hall–Kier alpha value is -2.02. The van der Waals surface area contributed by atoms with Crippen LogP contribution in [0, 0.1) is 5.82 Å². The van der Waals surface area contributed by atoms with Crippen molar-refractivity contribution < 1.29 is 18.8 Å². The second kappa shape index (κ2) is 8.89. The van der Waals surface area contributed by atoms with Crippen LogP contribution in [0.25, 0.3) is 0 Å². The molecule has 0 atom stereocenters. The maximum absolute atomic E-state index is 14.1. The molecule has 0 aromatic heterocycles. The van der Waals surface area contributed by atoms with Gasteiger partial charge in [-0.1, -0.05) is 38.8 Å². The Balaban J connectivity index is 2.47. The molecule has 0 bridgehead atoms. The molecule has 0 unspecified atom stereocenters. The van der Waals surface area contributed by atoms with Gasteiger partial charge in [0.05, 0.1) is 5.69 Å². The minimum absolute atomic E-state index is 0.0877. The van der Waals surface area contributed by atoms with Crippen LogP contribution >= 0.6 is 10.5 Å². The van der Waals surface area contributed by atoms with Crippen LogP contribution in [0.3, 0.4) is 0 Å². The number of urea groups is 1. The quantitative estimate of drug-likeness (QED) is 0.752. The number of nitrogens with one attached hydrogen (secondary N) is 1. The van der Waals surface area contributed by atoms with Crippen molar-refractivity contribution in [3.05, 3.63) is 30.1 Å². The molecule has 1 fully saturated rings. The van der Waals surface area contributed by atoms with Crippen molar-refractivity contribution in [1.29, 1.82) is 0 Å². The summed E-state index contributed by atoms with van der Waals surface area (Å²) in [5.41, 5.74) is -0.135. The highest BCUT2D eigenvalue weighted by molar-refractivity contribution is 8.18. The number of barbiturate groups is 1. The lowest BCUT2D eigenvalue weighted by atomic mass is 10.2. The van der Waals surface area contributed by atoms with Gasteiger partial charge in [0.25, 0.3) is 11.8 Å². The molecule has 7 heteroatoms. The standard InChI is InChI=1S/C18H23FN2O3S/c1-3-5-11-25(12-6-4-2)15-16(22)20-18(24)21(17(15)23)14-10-8-7-9-13(14)19/h7-10H,3-6,11-12H2,1-2H3,(H,20,22,24). The minimum Gasteiger partial charge on any atom is -0.273 e. The largest absolute Gasteiger partial charge is 0.336 e.